The summed E-state index contributed by atoms with van der Waals surface area (Å²) >= 11 is 3.19. The third-order valence-electron chi connectivity index (χ3n) is 2.34. The largest absolute Gasteiger partial charge is 0.379 e. The van der Waals surface area contributed by atoms with Gasteiger partial charge in [-0.25, -0.2) is 4.39 Å². The number of methoxy groups -OCH3 is 3. The molecule has 0 aromatic heterocycles. The predicted octanol–water partition coefficient (Wildman–Crippen LogP) is 2.68. The van der Waals surface area contributed by atoms with E-state index in [4.69, 9.17) is 14.2 Å². The Kier molecular flexibility index (Phi) is 4.86. The second-order valence-corrected chi connectivity index (χ2v) is 4.13. The summed E-state index contributed by atoms with van der Waals surface area (Å²) in [7, 11) is 4.40. The molecule has 0 spiro atoms. The molecule has 0 fully saturated rings. The second-order valence-electron chi connectivity index (χ2n) is 3.22. The summed E-state index contributed by atoms with van der Waals surface area (Å²) in [6.07, 6.45) is 0. The maximum Gasteiger partial charge on any atom is 0.221 e. The fraction of sp³-hybridized carbons (Fsp3) is 0.455. The van der Waals surface area contributed by atoms with Crippen LogP contribution in [0, 0.1) is 5.82 Å². The van der Waals surface area contributed by atoms with Crippen LogP contribution in [-0.2, 0) is 20.0 Å². The van der Waals surface area contributed by atoms with Gasteiger partial charge in [0.15, 0.2) is 0 Å². The minimum atomic E-state index is -1.21. The van der Waals surface area contributed by atoms with Gasteiger partial charge in [0.2, 0.25) is 5.79 Å². The van der Waals surface area contributed by atoms with Crippen LogP contribution in [0.1, 0.15) is 5.56 Å². The highest BCUT2D eigenvalue weighted by molar-refractivity contribution is 9.10. The van der Waals surface area contributed by atoms with Gasteiger partial charge in [0, 0.05) is 31.4 Å². The number of hydrogen-bond acceptors (Lipinski definition) is 3. The summed E-state index contributed by atoms with van der Waals surface area (Å²) in [6, 6.07) is 4.68. The number of hydrogen-bond donors (Lipinski definition) is 0. The van der Waals surface area contributed by atoms with Gasteiger partial charge in [-0.2, -0.15) is 0 Å². The van der Waals surface area contributed by atoms with E-state index in [-0.39, 0.29) is 6.61 Å². The third-order valence-corrected chi connectivity index (χ3v) is 2.83. The van der Waals surface area contributed by atoms with Crippen LogP contribution in [0.3, 0.4) is 0 Å². The van der Waals surface area contributed by atoms with E-state index in [1.165, 1.54) is 27.4 Å². The molecular formula is C11H14BrFO3. The van der Waals surface area contributed by atoms with Crippen molar-refractivity contribution in [1.29, 1.82) is 0 Å². The first-order chi connectivity index (χ1) is 7.59. The predicted molar refractivity (Wildman–Crippen MR) is 61.7 cm³/mol. The van der Waals surface area contributed by atoms with Crippen molar-refractivity contribution in [2.45, 2.75) is 5.79 Å². The zero-order valence-electron chi connectivity index (χ0n) is 9.42. The summed E-state index contributed by atoms with van der Waals surface area (Å²) in [5, 5.41) is 0. The Bertz CT molecular complexity index is 353. The van der Waals surface area contributed by atoms with Crippen molar-refractivity contribution in [1.82, 2.24) is 0 Å². The van der Waals surface area contributed by atoms with E-state index < -0.39 is 11.6 Å². The van der Waals surface area contributed by atoms with Crippen LogP contribution in [0.15, 0.2) is 22.7 Å². The lowest BCUT2D eigenvalue weighted by molar-refractivity contribution is -0.242. The molecule has 90 valence electrons. The van der Waals surface area contributed by atoms with Crippen molar-refractivity contribution in [3.05, 3.63) is 34.1 Å². The van der Waals surface area contributed by atoms with E-state index in [1.807, 2.05) is 0 Å². The van der Waals surface area contributed by atoms with Crippen LogP contribution >= 0.6 is 15.9 Å². The lowest BCUT2D eigenvalue weighted by atomic mass is 10.1. The number of benzene rings is 1. The molecule has 0 unspecified atom stereocenters. The molecule has 0 saturated carbocycles. The molecule has 0 radical (unpaired) electrons. The van der Waals surface area contributed by atoms with Gasteiger partial charge in [-0.15, -0.1) is 0 Å². The number of rotatable bonds is 5. The third kappa shape index (κ3) is 2.60. The molecule has 0 aliphatic carbocycles. The van der Waals surface area contributed by atoms with Crippen LogP contribution in [0.25, 0.3) is 0 Å². The van der Waals surface area contributed by atoms with Crippen LogP contribution in [0.2, 0.25) is 0 Å². The van der Waals surface area contributed by atoms with Crippen molar-refractivity contribution in [3.63, 3.8) is 0 Å². The Balaban J connectivity index is 3.19. The highest BCUT2D eigenvalue weighted by atomic mass is 79.9. The Morgan fingerprint density at radius 2 is 1.88 bits per heavy atom. The van der Waals surface area contributed by atoms with Crippen molar-refractivity contribution in [2.75, 3.05) is 27.9 Å². The fourth-order valence-corrected chi connectivity index (χ4v) is 1.82. The first kappa shape index (κ1) is 13.6. The van der Waals surface area contributed by atoms with E-state index in [0.717, 1.165) is 0 Å². The first-order valence-corrected chi connectivity index (χ1v) is 5.43. The average Bonchev–Trinajstić information content (AvgIpc) is 2.27. The Morgan fingerprint density at radius 1 is 1.25 bits per heavy atom. The quantitative estimate of drug-likeness (QED) is 0.781. The topological polar surface area (TPSA) is 27.7 Å². The summed E-state index contributed by atoms with van der Waals surface area (Å²) in [4.78, 5) is 0. The van der Waals surface area contributed by atoms with Crippen LogP contribution < -0.4 is 0 Å². The summed E-state index contributed by atoms with van der Waals surface area (Å²) in [5.41, 5.74) is 0.308. The molecule has 16 heavy (non-hydrogen) atoms. The minimum Gasteiger partial charge on any atom is -0.379 e. The molecule has 0 atom stereocenters. The number of halogens is 2. The molecule has 0 aliphatic heterocycles. The lowest BCUT2D eigenvalue weighted by Crippen LogP contribution is -2.36. The molecule has 0 N–H and O–H groups in total. The molecule has 1 rings (SSSR count). The lowest BCUT2D eigenvalue weighted by Gasteiger charge is -2.30. The molecule has 3 nitrogen and oxygen atoms in total. The average molecular weight is 293 g/mol. The smallest absolute Gasteiger partial charge is 0.221 e. The fourth-order valence-electron chi connectivity index (χ4n) is 1.49. The Hall–Kier alpha value is -0.490. The van der Waals surface area contributed by atoms with E-state index >= 15 is 0 Å². The van der Waals surface area contributed by atoms with Gasteiger partial charge in [0.1, 0.15) is 12.4 Å². The first-order valence-electron chi connectivity index (χ1n) is 4.64. The standard InChI is InChI=1S/C11H14BrFO3/c1-14-7-11(15-2,16-3)9-5-4-8(12)6-10(9)13/h4-6H,7H2,1-3H3. The minimum absolute atomic E-state index is 0.110. The summed E-state index contributed by atoms with van der Waals surface area (Å²) in [6.45, 7) is 0.110. The Labute approximate surface area is 103 Å². The van der Waals surface area contributed by atoms with Crippen molar-refractivity contribution in [2.24, 2.45) is 0 Å². The van der Waals surface area contributed by atoms with E-state index in [2.05, 4.69) is 15.9 Å². The van der Waals surface area contributed by atoms with Crippen molar-refractivity contribution < 1.29 is 18.6 Å². The van der Waals surface area contributed by atoms with Gasteiger partial charge in [-0.05, 0) is 18.2 Å². The zero-order chi connectivity index (χ0) is 12.2. The van der Waals surface area contributed by atoms with Crippen LogP contribution in [0.4, 0.5) is 4.39 Å². The summed E-state index contributed by atoms with van der Waals surface area (Å²) < 4.78 is 29.9. The Morgan fingerprint density at radius 3 is 2.31 bits per heavy atom. The molecule has 0 saturated heterocycles. The van der Waals surface area contributed by atoms with E-state index in [1.54, 1.807) is 12.1 Å². The molecule has 0 aliphatic rings. The molecular weight excluding hydrogens is 279 g/mol. The molecule has 0 amide bonds. The van der Waals surface area contributed by atoms with E-state index in [9.17, 15) is 4.39 Å². The normalized spacial score (nSPS) is 11.8. The SMILES string of the molecule is COCC(OC)(OC)c1ccc(Br)cc1F. The van der Waals surface area contributed by atoms with Gasteiger partial charge in [-0.1, -0.05) is 15.9 Å². The molecule has 5 heteroatoms. The molecule has 0 bridgehead atoms. The maximum absolute atomic E-state index is 13.8. The van der Waals surface area contributed by atoms with Gasteiger partial charge >= 0.3 is 0 Å². The van der Waals surface area contributed by atoms with Gasteiger partial charge < -0.3 is 14.2 Å². The molecule has 1 aromatic carbocycles. The van der Waals surface area contributed by atoms with Crippen molar-refractivity contribution in [3.8, 4) is 0 Å². The molecule has 1 aromatic rings. The monoisotopic (exact) mass is 292 g/mol. The van der Waals surface area contributed by atoms with Gasteiger partial charge in [0.05, 0.1) is 0 Å². The summed E-state index contributed by atoms with van der Waals surface area (Å²) in [5.74, 6) is -1.62. The highest BCUT2D eigenvalue weighted by Gasteiger charge is 2.35. The van der Waals surface area contributed by atoms with Crippen LogP contribution in [0.5, 0.6) is 0 Å². The van der Waals surface area contributed by atoms with E-state index in [0.29, 0.717) is 10.0 Å². The van der Waals surface area contributed by atoms with Crippen molar-refractivity contribution >= 4 is 15.9 Å². The maximum atomic E-state index is 13.8. The zero-order valence-corrected chi connectivity index (χ0v) is 11.0. The highest BCUT2D eigenvalue weighted by Crippen LogP contribution is 2.30. The van der Waals surface area contributed by atoms with Gasteiger partial charge in [-0.3, -0.25) is 0 Å². The number of ether oxygens (including phenoxy) is 3. The van der Waals surface area contributed by atoms with Gasteiger partial charge in [0.25, 0.3) is 0 Å². The second kappa shape index (κ2) is 5.72. The molecule has 0 heterocycles. The van der Waals surface area contributed by atoms with Crippen LogP contribution in [-0.4, -0.2) is 27.9 Å².